The van der Waals surface area contributed by atoms with Gasteiger partial charge in [-0.25, -0.2) is 0 Å². The molecule has 0 aliphatic rings. The third kappa shape index (κ3) is 7.74. The van der Waals surface area contributed by atoms with E-state index in [0.29, 0.717) is 0 Å². The molecule has 0 atom stereocenters. The van der Waals surface area contributed by atoms with Gasteiger partial charge in [-0.1, -0.05) is 68.1 Å². The third-order valence-electron chi connectivity index (χ3n) is 5.23. The standard InChI is InChI=1S/C28H32S2/c1-3-23-9-13-25(14-10-23)7-5-21-29-27-17-19-28(20-18-27)30-22-6-8-26-15-11-24(4-2)12-16-26/h3,9-20H,1,4-8,21-22H2,2H3. The number of thioether (sulfide) groups is 2. The van der Waals surface area contributed by atoms with Crippen molar-refractivity contribution in [2.24, 2.45) is 0 Å². The predicted molar refractivity (Wildman–Crippen MR) is 137 cm³/mol. The second-order valence-electron chi connectivity index (χ2n) is 7.49. The second-order valence-corrected chi connectivity index (χ2v) is 9.83. The number of aryl methyl sites for hydroxylation is 3. The summed E-state index contributed by atoms with van der Waals surface area (Å²) in [5.74, 6) is 2.33. The molecule has 0 radical (unpaired) electrons. The summed E-state index contributed by atoms with van der Waals surface area (Å²) in [7, 11) is 0. The number of rotatable bonds is 12. The maximum atomic E-state index is 3.81. The lowest BCUT2D eigenvalue weighted by Gasteiger charge is -2.06. The summed E-state index contributed by atoms with van der Waals surface area (Å²) in [6, 6.07) is 26.9. The predicted octanol–water partition coefficient (Wildman–Crippen LogP) is 8.34. The average Bonchev–Trinajstić information content (AvgIpc) is 2.81. The van der Waals surface area contributed by atoms with Crippen LogP contribution in [-0.2, 0) is 19.3 Å². The minimum absolute atomic E-state index is 1.12. The summed E-state index contributed by atoms with van der Waals surface area (Å²) in [5.41, 5.74) is 5.48. The van der Waals surface area contributed by atoms with Crippen LogP contribution in [0.1, 0.15) is 42.0 Å². The van der Waals surface area contributed by atoms with Crippen LogP contribution in [0.5, 0.6) is 0 Å². The Kier molecular flexibility index (Phi) is 9.66. The molecule has 0 bridgehead atoms. The first-order valence-corrected chi connectivity index (χ1v) is 12.9. The van der Waals surface area contributed by atoms with Gasteiger partial charge in [-0.05, 0) is 90.1 Å². The highest BCUT2D eigenvalue weighted by Gasteiger charge is 2.00. The van der Waals surface area contributed by atoms with E-state index in [-0.39, 0.29) is 0 Å². The molecule has 0 spiro atoms. The molecule has 0 amide bonds. The van der Waals surface area contributed by atoms with Crippen molar-refractivity contribution in [3.05, 3.63) is 102 Å². The fraction of sp³-hybridized carbons (Fsp3) is 0.286. The first kappa shape index (κ1) is 22.8. The highest BCUT2D eigenvalue weighted by molar-refractivity contribution is 7.99. The van der Waals surface area contributed by atoms with Gasteiger partial charge in [0, 0.05) is 9.79 Å². The van der Waals surface area contributed by atoms with Gasteiger partial charge in [0.25, 0.3) is 0 Å². The molecule has 0 unspecified atom stereocenters. The quantitative estimate of drug-likeness (QED) is 0.208. The lowest BCUT2D eigenvalue weighted by atomic mass is 10.1. The summed E-state index contributed by atoms with van der Waals surface area (Å²) < 4.78 is 0. The Balaban J connectivity index is 1.31. The van der Waals surface area contributed by atoms with Gasteiger partial charge in [-0.3, -0.25) is 0 Å². The van der Waals surface area contributed by atoms with Gasteiger partial charge < -0.3 is 0 Å². The van der Waals surface area contributed by atoms with Crippen molar-refractivity contribution in [1.82, 2.24) is 0 Å². The molecule has 0 aromatic heterocycles. The van der Waals surface area contributed by atoms with Gasteiger partial charge in [-0.15, -0.1) is 23.5 Å². The zero-order valence-corrected chi connectivity index (χ0v) is 19.6. The molecule has 3 aromatic rings. The summed E-state index contributed by atoms with van der Waals surface area (Å²) >= 11 is 3.93. The summed E-state index contributed by atoms with van der Waals surface area (Å²) in [6.07, 6.45) is 7.75. The SMILES string of the molecule is C=Cc1ccc(CCCSc2ccc(SCCCc3ccc(CC)cc3)cc2)cc1. The van der Waals surface area contributed by atoms with Gasteiger partial charge >= 0.3 is 0 Å². The van der Waals surface area contributed by atoms with Crippen LogP contribution >= 0.6 is 23.5 Å². The first-order chi connectivity index (χ1) is 14.8. The molecule has 0 nitrogen and oxygen atoms in total. The van der Waals surface area contributed by atoms with Crippen molar-refractivity contribution in [2.75, 3.05) is 11.5 Å². The molecule has 0 N–H and O–H groups in total. The summed E-state index contributed by atoms with van der Waals surface area (Å²) in [6.45, 7) is 6.02. The van der Waals surface area contributed by atoms with E-state index in [2.05, 4.69) is 86.3 Å². The highest BCUT2D eigenvalue weighted by atomic mass is 32.2. The Hall–Kier alpha value is -1.90. The Morgan fingerprint density at radius 2 is 1.07 bits per heavy atom. The van der Waals surface area contributed by atoms with Crippen molar-refractivity contribution in [1.29, 1.82) is 0 Å². The van der Waals surface area contributed by atoms with E-state index in [9.17, 15) is 0 Å². The zero-order chi connectivity index (χ0) is 21.0. The number of benzene rings is 3. The summed E-state index contributed by atoms with van der Waals surface area (Å²) in [5, 5.41) is 0. The van der Waals surface area contributed by atoms with E-state index < -0.39 is 0 Å². The van der Waals surface area contributed by atoms with Gasteiger partial charge in [0.15, 0.2) is 0 Å². The molecule has 0 heterocycles. The Morgan fingerprint density at radius 3 is 1.50 bits per heavy atom. The molecule has 3 rings (SSSR count). The van der Waals surface area contributed by atoms with E-state index >= 15 is 0 Å². The van der Waals surface area contributed by atoms with Crippen LogP contribution in [-0.4, -0.2) is 11.5 Å². The molecule has 30 heavy (non-hydrogen) atoms. The van der Waals surface area contributed by atoms with Gasteiger partial charge in [0.1, 0.15) is 0 Å². The number of hydrogen-bond donors (Lipinski definition) is 0. The van der Waals surface area contributed by atoms with Crippen LogP contribution in [0.15, 0.2) is 89.2 Å². The smallest absolute Gasteiger partial charge is 0.00727 e. The van der Waals surface area contributed by atoms with Crippen molar-refractivity contribution < 1.29 is 0 Å². The van der Waals surface area contributed by atoms with E-state index in [4.69, 9.17) is 0 Å². The van der Waals surface area contributed by atoms with Crippen LogP contribution in [0.25, 0.3) is 6.08 Å². The van der Waals surface area contributed by atoms with Crippen LogP contribution in [0, 0.1) is 0 Å². The first-order valence-electron chi connectivity index (χ1n) is 10.9. The molecule has 2 heteroatoms. The molecule has 0 aliphatic heterocycles. The maximum Gasteiger partial charge on any atom is 0.00727 e. The zero-order valence-electron chi connectivity index (χ0n) is 18.0. The minimum atomic E-state index is 1.12. The minimum Gasteiger partial charge on any atom is -0.126 e. The van der Waals surface area contributed by atoms with Crippen molar-refractivity contribution in [3.8, 4) is 0 Å². The van der Waals surface area contributed by atoms with Crippen LogP contribution in [0.3, 0.4) is 0 Å². The number of hydrogen-bond acceptors (Lipinski definition) is 2. The van der Waals surface area contributed by atoms with E-state index in [1.807, 2.05) is 29.6 Å². The molecule has 0 saturated carbocycles. The largest absolute Gasteiger partial charge is 0.126 e. The fourth-order valence-corrected chi connectivity index (χ4v) is 5.03. The monoisotopic (exact) mass is 432 g/mol. The molecule has 0 aliphatic carbocycles. The highest BCUT2D eigenvalue weighted by Crippen LogP contribution is 2.25. The molecular weight excluding hydrogens is 400 g/mol. The Labute approximate surface area is 191 Å². The van der Waals surface area contributed by atoms with Crippen LogP contribution in [0.4, 0.5) is 0 Å². The Morgan fingerprint density at radius 1 is 0.633 bits per heavy atom. The van der Waals surface area contributed by atoms with Crippen molar-refractivity contribution >= 4 is 29.6 Å². The molecule has 0 fully saturated rings. The van der Waals surface area contributed by atoms with Crippen molar-refractivity contribution in [3.63, 3.8) is 0 Å². The lowest BCUT2D eigenvalue weighted by molar-refractivity contribution is 0.930. The second kappa shape index (κ2) is 12.7. The molecule has 156 valence electrons. The molecule has 0 saturated heterocycles. The topological polar surface area (TPSA) is 0 Å². The van der Waals surface area contributed by atoms with E-state index in [1.54, 1.807) is 0 Å². The van der Waals surface area contributed by atoms with E-state index in [1.165, 1.54) is 57.1 Å². The van der Waals surface area contributed by atoms with Gasteiger partial charge in [0.05, 0.1) is 0 Å². The lowest BCUT2D eigenvalue weighted by Crippen LogP contribution is -1.89. The maximum absolute atomic E-state index is 3.81. The van der Waals surface area contributed by atoms with E-state index in [0.717, 1.165) is 18.6 Å². The fourth-order valence-electron chi connectivity index (χ4n) is 3.33. The molecule has 3 aromatic carbocycles. The van der Waals surface area contributed by atoms with Gasteiger partial charge in [0.2, 0.25) is 0 Å². The Bertz CT molecular complexity index is 877. The summed E-state index contributed by atoms with van der Waals surface area (Å²) in [4.78, 5) is 2.75. The van der Waals surface area contributed by atoms with Crippen LogP contribution in [0.2, 0.25) is 0 Å². The van der Waals surface area contributed by atoms with Crippen LogP contribution < -0.4 is 0 Å². The average molecular weight is 433 g/mol. The van der Waals surface area contributed by atoms with Gasteiger partial charge in [-0.2, -0.15) is 0 Å². The normalized spacial score (nSPS) is 10.8. The molecular formula is C28H32S2. The third-order valence-corrected chi connectivity index (χ3v) is 7.42. The van der Waals surface area contributed by atoms with Crippen molar-refractivity contribution in [2.45, 2.75) is 48.8 Å².